The highest BCUT2D eigenvalue weighted by Gasteiger charge is 2.63. The zero-order valence-corrected chi connectivity index (χ0v) is 28.0. The number of likely N-dealkylation sites (N-methyl/N-ethyl adjacent to an activating group) is 1. The Kier molecular flexibility index (Phi) is 9.01. The molecule has 3 aliphatic rings. The fourth-order valence-electron chi connectivity index (χ4n) is 7.11. The number of aromatic hydroxyl groups is 1. The average Bonchev–Trinajstić information content (AvgIpc) is 2.90. The van der Waals surface area contributed by atoms with E-state index in [4.69, 9.17) is 10.5 Å². The molecule has 46 heavy (non-hydrogen) atoms. The van der Waals surface area contributed by atoms with Crippen molar-refractivity contribution in [2.75, 3.05) is 39.6 Å². The highest BCUT2D eigenvalue weighted by molar-refractivity contribution is 6.25. The lowest BCUT2D eigenvalue weighted by Crippen LogP contribution is -2.63. The Balaban J connectivity index is 1.91. The van der Waals surface area contributed by atoms with Crippen molar-refractivity contribution >= 4 is 29.3 Å². The van der Waals surface area contributed by atoms with Crippen LogP contribution in [0, 0.1) is 17.3 Å². The summed E-state index contributed by atoms with van der Waals surface area (Å²) in [6, 6.07) is 0.641. The van der Waals surface area contributed by atoms with Gasteiger partial charge in [-0.05, 0) is 63.7 Å². The predicted octanol–water partition coefficient (Wildman–Crippen LogP) is 2.58. The van der Waals surface area contributed by atoms with E-state index in [1.54, 1.807) is 53.0 Å². The number of fused-ring (bicyclic) bond motifs is 3. The molecule has 1 aromatic carbocycles. The van der Waals surface area contributed by atoms with Gasteiger partial charge in [0.15, 0.2) is 11.4 Å². The van der Waals surface area contributed by atoms with E-state index in [2.05, 4.69) is 0 Å². The van der Waals surface area contributed by atoms with Gasteiger partial charge in [0.05, 0.1) is 24.3 Å². The number of carbonyl (C=O) groups excluding carboxylic acids is 4. The fraction of sp³-hybridized carbons (Fsp3) is 0.576. The van der Waals surface area contributed by atoms with E-state index in [0.717, 1.165) is 0 Å². The summed E-state index contributed by atoms with van der Waals surface area (Å²) in [7, 11) is 6.71. The summed E-state index contributed by atoms with van der Waals surface area (Å²) in [6.07, 6.45) is -0.841. The number of Topliss-reactive ketones (excluding diaryl/α,β-unsaturated/α-hetero) is 2. The second-order valence-corrected chi connectivity index (χ2v) is 14.5. The van der Waals surface area contributed by atoms with Crippen LogP contribution in [0.15, 0.2) is 28.7 Å². The molecule has 13 heteroatoms. The van der Waals surface area contributed by atoms with Crippen molar-refractivity contribution in [3.63, 3.8) is 0 Å². The van der Waals surface area contributed by atoms with Crippen LogP contribution in [0.25, 0.3) is 0 Å². The first kappa shape index (κ1) is 34.8. The largest absolute Gasteiger partial charge is 0.510 e. The monoisotopic (exact) mass is 642 g/mol. The van der Waals surface area contributed by atoms with Crippen molar-refractivity contribution in [1.29, 1.82) is 0 Å². The lowest BCUT2D eigenvalue weighted by molar-refractivity contribution is -0.148. The molecule has 0 aliphatic heterocycles. The molecule has 0 saturated carbocycles. The molecule has 0 aromatic heterocycles. The summed E-state index contributed by atoms with van der Waals surface area (Å²) in [5.74, 6) is -7.14. The number of amides is 2. The SMILES string of the molecule is CC(C)OC(=O)N(Cc1cc(N(C)C)c2c(c1O)C(=O)C1=C(O)[C@]3(O)C(=O)C(C(N)=O)=C(O)[C@@H](N(C)C)C3CC1C2)CC(C)(C)C. The Morgan fingerprint density at radius 3 is 2.22 bits per heavy atom. The van der Waals surface area contributed by atoms with Crippen molar-refractivity contribution in [3.05, 3.63) is 45.4 Å². The maximum absolute atomic E-state index is 14.3. The number of nitrogens with two attached hydrogens (primary N) is 1. The van der Waals surface area contributed by atoms with Gasteiger partial charge in [-0.25, -0.2) is 4.79 Å². The minimum Gasteiger partial charge on any atom is -0.510 e. The quantitative estimate of drug-likeness (QED) is 0.274. The molecule has 1 aromatic rings. The van der Waals surface area contributed by atoms with Crippen LogP contribution in [0.1, 0.15) is 62.5 Å². The van der Waals surface area contributed by atoms with E-state index in [9.17, 15) is 39.6 Å². The zero-order valence-electron chi connectivity index (χ0n) is 28.0. The number of ether oxygens (including phenoxy) is 1. The molecular weight excluding hydrogens is 596 g/mol. The average molecular weight is 643 g/mol. The van der Waals surface area contributed by atoms with Crippen LogP contribution in [-0.4, -0.2) is 106 Å². The highest BCUT2D eigenvalue weighted by atomic mass is 16.6. The standard InChI is InChI=1S/C33H46N4O9/c1-15(2)46-31(44)37(14-32(3,4)5)13-17-12-20(35(6)7)18-10-16-11-19-24(36(8)9)27(40)23(30(34)43)29(42)33(19,45)28(41)21(16)26(39)22(18)25(17)38/h12,15-16,19,24,38,40-41,45H,10-11,13-14H2,1-9H3,(H2,34,43)/t16?,19?,24-,33-/m0/s1. The predicted molar refractivity (Wildman–Crippen MR) is 169 cm³/mol. The summed E-state index contributed by atoms with van der Waals surface area (Å²) in [5.41, 5.74) is 2.50. The molecule has 0 spiro atoms. The fourth-order valence-corrected chi connectivity index (χ4v) is 7.11. The van der Waals surface area contributed by atoms with Gasteiger partial charge >= 0.3 is 6.09 Å². The first-order chi connectivity index (χ1) is 21.1. The number of anilines is 1. The summed E-state index contributed by atoms with van der Waals surface area (Å²) in [5, 5.41) is 46.1. The molecule has 0 heterocycles. The van der Waals surface area contributed by atoms with Gasteiger partial charge in [-0.2, -0.15) is 0 Å². The molecule has 4 atom stereocenters. The molecule has 0 fully saturated rings. The Morgan fingerprint density at radius 2 is 1.72 bits per heavy atom. The van der Waals surface area contributed by atoms with E-state index in [0.29, 0.717) is 11.3 Å². The number of hydrogen-bond donors (Lipinski definition) is 5. The normalized spacial score (nSPS) is 24.6. The Hall–Kier alpha value is -4.10. The molecule has 2 unspecified atom stereocenters. The van der Waals surface area contributed by atoms with E-state index in [1.165, 1.54) is 9.80 Å². The number of phenols is 1. The molecule has 13 nitrogen and oxygen atoms in total. The maximum Gasteiger partial charge on any atom is 0.410 e. The molecule has 4 rings (SSSR count). The molecule has 0 bridgehead atoms. The number of aliphatic hydroxyl groups is 3. The van der Waals surface area contributed by atoms with Crippen LogP contribution in [0.4, 0.5) is 10.5 Å². The number of ketones is 2. The topological polar surface area (TPSA) is 194 Å². The van der Waals surface area contributed by atoms with Gasteiger partial charge in [-0.15, -0.1) is 0 Å². The smallest absolute Gasteiger partial charge is 0.410 e. The number of aliphatic hydroxyl groups excluding tert-OH is 2. The van der Waals surface area contributed by atoms with Crippen LogP contribution < -0.4 is 10.6 Å². The van der Waals surface area contributed by atoms with Crippen molar-refractivity contribution < 1.29 is 44.3 Å². The first-order valence-corrected chi connectivity index (χ1v) is 15.3. The molecule has 2 amide bonds. The minimum absolute atomic E-state index is 0.0124. The van der Waals surface area contributed by atoms with Gasteiger partial charge in [0, 0.05) is 43.4 Å². The van der Waals surface area contributed by atoms with Gasteiger partial charge in [-0.3, -0.25) is 19.3 Å². The van der Waals surface area contributed by atoms with Crippen LogP contribution in [-0.2, 0) is 27.3 Å². The minimum atomic E-state index is -2.73. The number of benzene rings is 1. The van der Waals surface area contributed by atoms with E-state index in [-0.39, 0.29) is 54.2 Å². The number of nitrogens with zero attached hydrogens (tertiary/aromatic N) is 3. The van der Waals surface area contributed by atoms with Crippen molar-refractivity contribution in [2.45, 2.75) is 71.8 Å². The third-order valence-corrected chi connectivity index (χ3v) is 8.88. The molecule has 0 saturated heterocycles. The van der Waals surface area contributed by atoms with E-state index >= 15 is 0 Å². The lowest BCUT2D eigenvalue weighted by Gasteiger charge is -2.50. The second kappa shape index (κ2) is 11.9. The van der Waals surface area contributed by atoms with Crippen LogP contribution in [0.5, 0.6) is 5.75 Å². The summed E-state index contributed by atoms with van der Waals surface area (Å²) in [6.45, 7) is 9.50. The van der Waals surface area contributed by atoms with Gasteiger partial charge in [0.2, 0.25) is 5.78 Å². The van der Waals surface area contributed by atoms with Crippen molar-refractivity contribution in [3.8, 4) is 5.75 Å². The van der Waals surface area contributed by atoms with Crippen LogP contribution >= 0.6 is 0 Å². The Bertz CT molecular complexity index is 1550. The first-order valence-electron chi connectivity index (χ1n) is 15.3. The third-order valence-electron chi connectivity index (χ3n) is 8.88. The van der Waals surface area contributed by atoms with Crippen molar-refractivity contribution in [2.24, 2.45) is 23.0 Å². The summed E-state index contributed by atoms with van der Waals surface area (Å²) >= 11 is 0. The van der Waals surface area contributed by atoms with Crippen LogP contribution in [0.2, 0.25) is 0 Å². The van der Waals surface area contributed by atoms with Gasteiger partial charge in [-0.1, -0.05) is 20.8 Å². The van der Waals surface area contributed by atoms with Gasteiger partial charge in [0.25, 0.3) is 5.91 Å². The van der Waals surface area contributed by atoms with Gasteiger partial charge in [0.1, 0.15) is 22.8 Å². The summed E-state index contributed by atoms with van der Waals surface area (Å²) in [4.78, 5) is 58.0. The highest BCUT2D eigenvalue weighted by Crippen LogP contribution is 2.53. The van der Waals surface area contributed by atoms with E-state index in [1.807, 2.05) is 20.8 Å². The lowest BCUT2D eigenvalue weighted by atomic mass is 9.58. The molecule has 6 N–H and O–H groups in total. The summed E-state index contributed by atoms with van der Waals surface area (Å²) < 4.78 is 5.47. The third kappa shape index (κ3) is 5.70. The number of hydrogen-bond acceptors (Lipinski definition) is 11. The molecule has 252 valence electrons. The Morgan fingerprint density at radius 1 is 1.11 bits per heavy atom. The molecular formula is C33H46N4O9. The number of carbonyl (C=O) groups is 4. The Labute approximate surface area is 268 Å². The molecule has 3 aliphatic carbocycles. The van der Waals surface area contributed by atoms with E-state index < -0.39 is 69.9 Å². The number of primary amides is 1. The van der Waals surface area contributed by atoms with Crippen LogP contribution in [0.3, 0.4) is 0 Å². The second-order valence-electron chi connectivity index (χ2n) is 14.5. The number of allylic oxidation sites excluding steroid dienone is 1. The zero-order chi connectivity index (χ0) is 34.8. The number of phenolic OH excluding ortho intramolecular Hbond substituents is 1. The number of rotatable bonds is 7. The molecule has 0 radical (unpaired) electrons. The van der Waals surface area contributed by atoms with Gasteiger partial charge < -0.3 is 40.7 Å². The maximum atomic E-state index is 14.3. The van der Waals surface area contributed by atoms with Crippen molar-refractivity contribution in [1.82, 2.24) is 9.80 Å².